The second-order valence-corrected chi connectivity index (χ2v) is 10.9. The van der Waals surface area contributed by atoms with E-state index in [0.717, 1.165) is 26.2 Å². The molecule has 3 rings (SSSR count). The number of sulfonamides is 1. The van der Waals surface area contributed by atoms with Crippen molar-refractivity contribution in [2.45, 2.75) is 31.6 Å². The summed E-state index contributed by atoms with van der Waals surface area (Å²) in [6.45, 7) is 8.50. The van der Waals surface area contributed by atoms with E-state index in [4.69, 9.17) is 0 Å². The van der Waals surface area contributed by atoms with E-state index in [0.29, 0.717) is 43.5 Å². The van der Waals surface area contributed by atoms with Crippen LogP contribution in [0.2, 0.25) is 0 Å². The van der Waals surface area contributed by atoms with Crippen molar-refractivity contribution in [1.29, 1.82) is 0 Å². The number of hydrogen-bond acceptors (Lipinski definition) is 3. The molecule has 30 heavy (non-hydrogen) atoms. The van der Waals surface area contributed by atoms with Crippen LogP contribution in [-0.2, 0) is 14.8 Å². The van der Waals surface area contributed by atoms with Crippen molar-refractivity contribution in [3.05, 3.63) is 58.1 Å². The number of quaternary nitrogens is 1. The summed E-state index contributed by atoms with van der Waals surface area (Å²) < 4.78 is 28.2. The number of amides is 1. The normalized spacial score (nSPS) is 16.0. The molecule has 1 aliphatic rings. The standard InChI is InChI=1S/C22H28BrN3O3S/c1-16(2)18-5-7-19(8-6-18)30(28,29)26-12-10-25(11-13-26)15-22(27)24-21-9-4-17(3)14-20(21)23/h4-9,14,16H,10-13,15H2,1-3H3,(H,24,27)/p+1. The fourth-order valence-corrected chi connectivity index (χ4v) is 5.57. The third-order valence-electron chi connectivity index (χ3n) is 5.42. The Hall–Kier alpha value is -1.74. The van der Waals surface area contributed by atoms with Crippen molar-refractivity contribution in [3.8, 4) is 0 Å². The number of aryl methyl sites for hydroxylation is 1. The molecule has 0 bridgehead atoms. The smallest absolute Gasteiger partial charge is 0.279 e. The number of benzene rings is 2. The summed E-state index contributed by atoms with van der Waals surface area (Å²) in [6, 6.07) is 12.9. The van der Waals surface area contributed by atoms with Gasteiger partial charge in [0.1, 0.15) is 0 Å². The quantitative estimate of drug-likeness (QED) is 0.647. The number of carbonyl (C=O) groups is 1. The number of carbonyl (C=O) groups excluding carboxylic acids is 1. The molecule has 0 atom stereocenters. The topological polar surface area (TPSA) is 70.9 Å². The van der Waals surface area contributed by atoms with Gasteiger partial charge in [-0.1, -0.05) is 32.0 Å². The fourth-order valence-electron chi connectivity index (χ4n) is 3.54. The Bertz CT molecular complexity index is 999. The van der Waals surface area contributed by atoms with Gasteiger partial charge in [-0.05, 0) is 64.2 Å². The van der Waals surface area contributed by atoms with E-state index in [1.165, 1.54) is 4.31 Å². The number of piperazine rings is 1. The summed E-state index contributed by atoms with van der Waals surface area (Å²) in [7, 11) is -3.50. The minimum atomic E-state index is -3.50. The predicted octanol–water partition coefficient (Wildman–Crippen LogP) is 2.41. The summed E-state index contributed by atoms with van der Waals surface area (Å²) in [5.74, 6) is 0.288. The van der Waals surface area contributed by atoms with Gasteiger partial charge in [0.2, 0.25) is 10.0 Å². The van der Waals surface area contributed by atoms with Crippen molar-refractivity contribution in [2.24, 2.45) is 0 Å². The number of hydrogen-bond donors (Lipinski definition) is 2. The summed E-state index contributed by atoms with van der Waals surface area (Å²) >= 11 is 3.47. The Morgan fingerprint density at radius 3 is 2.33 bits per heavy atom. The predicted molar refractivity (Wildman–Crippen MR) is 122 cm³/mol. The van der Waals surface area contributed by atoms with Crippen molar-refractivity contribution < 1.29 is 18.1 Å². The van der Waals surface area contributed by atoms with Gasteiger partial charge in [-0.25, -0.2) is 8.42 Å². The zero-order valence-electron chi connectivity index (χ0n) is 17.6. The molecule has 1 heterocycles. The lowest BCUT2D eigenvalue weighted by Gasteiger charge is -2.31. The first-order valence-electron chi connectivity index (χ1n) is 10.2. The van der Waals surface area contributed by atoms with Crippen LogP contribution in [0.5, 0.6) is 0 Å². The molecule has 0 aromatic heterocycles. The molecule has 0 spiro atoms. The largest absolute Gasteiger partial charge is 0.325 e. The maximum Gasteiger partial charge on any atom is 0.279 e. The first-order valence-corrected chi connectivity index (χ1v) is 12.4. The van der Waals surface area contributed by atoms with Crippen LogP contribution in [0.3, 0.4) is 0 Å². The van der Waals surface area contributed by atoms with Gasteiger partial charge in [-0.15, -0.1) is 0 Å². The van der Waals surface area contributed by atoms with Crippen LogP contribution < -0.4 is 10.2 Å². The van der Waals surface area contributed by atoms with Crippen molar-refractivity contribution in [1.82, 2.24) is 4.31 Å². The van der Waals surface area contributed by atoms with E-state index < -0.39 is 10.0 Å². The fraction of sp³-hybridized carbons (Fsp3) is 0.409. The summed E-state index contributed by atoms with van der Waals surface area (Å²) in [5, 5.41) is 2.93. The summed E-state index contributed by atoms with van der Waals surface area (Å²) in [4.78, 5) is 13.8. The highest BCUT2D eigenvalue weighted by molar-refractivity contribution is 9.10. The highest BCUT2D eigenvalue weighted by atomic mass is 79.9. The van der Waals surface area contributed by atoms with Gasteiger partial charge in [-0.2, -0.15) is 4.31 Å². The van der Waals surface area contributed by atoms with Gasteiger partial charge in [0.25, 0.3) is 5.91 Å². The minimum absolute atomic E-state index is 0.0739. The highest BCUT2D eigenvalue weighted by Crippen LogP contribution is 2.23. The molecular weight excluding hydrogens is 466 g/mol. The number of anilines is 1. The molecule has 1 saturated heterocycles. The molecule has 1 fully saturated rings. The lowest BCUT2D eigenvalue weighted by molar-refractivity contribution is -0.895. The molecule has 0 saturated carbocycles. The Balaban J connectivity index is 1.55. The van der Waals surface area contributed by atoms with E-state index in [2.05, 4.69) is 35.1 Å². The van der Waals surface area contributed by atoms with Crippen LogP contribution in [0, 0.1) is 6.92 Å². The van der Waals surface area contributed by atoms with E-state index in [1.54, 1.807) is 12.1 Å². The minimum Gasteiger partial charge on any atom is -0.325 e. The molecular formula is C22H29BrN3O3S+. The molecule has 0 radical (unpaired) electrons. The van der Waals surface area contributed by atoms with Crippen LogP contribution in [0.4, 0.5) is 5.69 Å². The van der Waals surface area contributed by atoms with Crippen molar-refractivity contribution >= 4 is 37.5 Å². The zero-order chi connectivity index (χ0) is 21.9. The highest BCUT2D eigenvalue weighted by Gasteiger charge is 2.31. The first-order chi connectivity index (χ1) is 14.2. The van der Waals surface area contributed by atoms with Crippen LogP contribution in [-0.4, -0.2) is 51.4 Å². The maximum atomic E-state index is 12.9. The molecule has 162 valence electrons. The van der Waals surface area contributed by atoms with Crippen LogP contribution in [0.15, 0.2) is 51.8 Å². The molecule has 2 aromatic carbocycles. The second-order valence-electron chi connectivity index (χ2n) is 8.09. The van der Waals surface area contributed by atoms with E-state index in [-0.39, 0.29) is 5.91 Å². The third kappa shape index (κ3) is 5.49. The average molecular weight is 495 g/mol. The van der Waals surface area contributed by atoms with Crippen LogP contribution in [0.25, 0.3) is 0 Å². The van der Waals surface area contributed by atoms with Gasteiger partial charge in [0, 0.05) is 4.47 Å². The number of rotatable bonds is 6. The summed E-state index contributed by atoms with van der Waals surface area (Å²) in [6.07, 6.45) is 0. The molecule has 0 unspecified atom stereocenters. The van der Waals surface area contributed by atoms with Crippen molar-refractivity contribution in [3.63, 3.8) is 0 Å². The second kappa shape index (κ2) is 9.60. The average Bonchev–Trinajstić information content (AvgIpc) is 2.70. The van der Waals surface area contributed by atoms with Gasteiger partial charge in [0.15, 0.2) is 6.54 Å². The number of nitrogens with one attached hydrogen (secondary N) is 2. The van der Waals surface area contributed by atoms with Gasteiger partial charge < -0.3 is 10.2 Å². The van der Waals surface area contributed by atoms with E-state index in [1.807, 2.05) is 37.3 Å². The Morgan fingerprint density at radius 1 is 1.13 bits per heavy atom. The van der Waals surface area contributed by atoms with Gasteiger partial charge in [0.05, 0.1) is 36.8 Å². The molecule has 6 nitrogen and oxygen atoms in total. The molecule has 2 aromatic rings. The lowest BCUT2D eigenvalue weighted by Crippen LogP contribution is -3.15. The first kappa shape index (κ1) is 22.9. The Kier molecular flexibility index (Phi) is 7.34. The Labute approximate surface area is 187 Å². The maximum absolute atomic E-state index is 12.9. The van der Waals surface area contributed by atoms with Gasteiger partial charge in [-0.3, -0.25) is 4.79 Å². The lowest BCUT2D eigenvalue weighted by atomic mass is 10.0. The van der Waals surface area contributed by atoms with Gasteiger partial charge >= 0.3 is 0 Å². The number of nitrogens with zero attached hydrogens (tertiary/aromatic N) is 1. The molecule has 2 N–H and O–H groups in total. The summed E-state index contributed by atoms with van der Waals surface area (Å²) in [5.41, 5.74) is 2.98. The molecule has 1 aliphatic heterocycles. The number of halogens is 1. The monoisotopic (exact) mass is 494 g/mol. The van der Waals surface area contributed by atoms with E-state index >= 15 is 0 Å². The van der Waals surface area contributed by atoms with Crippen LogP contribution >= 0.6 is 15.9 Å². The van der Waals surface area contributed by atoms with E-state index in [9.17, 15) is 13.2 Å². The Morgan fingerprint density at radius 2 is 1.77 bits per heavy atom. The zero-order valence-corrected chi connectivity index (χ0v) is 20.0. The third-order valence-corrected chi connectivity index (χ3v) is 7.99. The molecule has 1 amide bonds. The SMILES string of the molecule is Cc1ccc(NC(=O)C[NH+]2CCN(S(=O)(=O)c3ccc(C(C)C)cc3)CC2)c(Br)c1. The molecule has 8 heteroatoms. The van der Waals surface area contributed by atoms with Crippen molar-refractivity contribution in [2.75, 3.05) is 38.0 Å². The van der Waals surface area contributed by atoms with Crippen LogP contribution in [0.1, 0.15) is 30.9 Å². The molecule has 0 aliphatic carbocycles.